The molecule has 0 radical (unpaired) electrons. The molecule has 4 fully saturated rings. The van der Waals surface area contributed by atoms with Crippen molar-refractivity contribution in [2.45, 2.75) is 173 Å². The summed E-state index contributed by atoms with van der Waals surface area (Å²) in [6, 6.07) is 8.19. The highest BCUT2D eigenvalue weighted by atomic mass is 16.7. The van der Waals surface area contributed by atoms with Crippen LogP contribution in [0, 0.1) is 30.6 Å². The minimum atomic E-state index is -1.58. The van der Waals surface area contributed by atoms with E-state index in [1.807, 2.05) is 77.0 Å². The van der Waals surface area contributed by atoms with Gasteiger partial charge in [0.2, 0.25) is 0 Å². The molecule has 18 heteroatoms. The second-order valence-electron chi connectivity index (χ2n) is 20.1. The van der Waals surface area contributed by atoms with E-state index in [9.17, 15) is 19.8 Å². The molecule has 0 spiro atoms. The molecule has 6 rings (SSSR count). The first-order valence-corrected chi connectivity index (χ1v) is 23.9. The number of cyclic esters (lactones) is 1. The number of ether oxygens (including phenoxy) is 8. The summed E-state index contributed by atoms with van der Waals surface area (Å²) in [6.45, 7) is 18.0. The number of Topliss-reactive ketones (excluding diaryl/α,β-unsaturated/α-hetero) is 1. The Balaban J connectivity index is 1.44. The van der Waals surface area contributed by atoms with E-state index in [-0.39, 0.29) is 31.1 Å². The van der Waals surface area contributed by atoms with Crippen LogP contribution in [0.25, 0.3) is 11.4 Å². The molecule has 4 saturated heterocycles. The summed E-state index contributed by atoms with van der Waals surface area (Å²) in [5.41, 5.74) is -1.95. The number of ketones is 1. The summed E-state index contributed by atoms with van der Waals surface area (Å²) >= 11 is 0. The number of hydrogen-bond donors (Lipinski definition) is 2. The molecule has 2 N–H and O–H groups in total. The van der Waals surface area contributed by atoms with Crippen molar-refractivity contribution in [1.29, 1.82) is 0 Å². The molecular formula is C50H75N5O13. The second kappa shape index (κ2) is 21.6. The van der Waals surface area contributed by atoms with Crippen LogP contribution >= 0.6 is 0 Å². The van der Waals surface area contributed by atoms with Crippen molar-refractivity contribution in [2.24, 2.45) is 28.8 Å². The van der Waals surface area contributed by atoms with E-state index in [0.717, 1.165) is 10.6 Å². The first kappa shape index (κ1) is 53.4. The number of amides is 1. The number of fused-ring (bicyclic) bond motifs is 1. The fourth-order valence-corrected chi connectivity index (χ4v) is 10.9. The van der Waals surface area contributed by atoms with Crippen molar-refractivity contribution in [2.75, 3.05) is 34.9 Å². The lowest BCUT2D eigenvalue weighted by Crippen LogP contribution is -2.61. The minimum Gasteiger partial charge on any atom is -0.458 e. The Hall–Kier alpha value is -3.98. The molecule has 1 amide bonds. The van der Waals surface area contributed by atoms with Crippen LogP contribution in [0.5, 0.6) is 0 Å². The number of aliphatic hydroxyl groups excluding tert-OH is 2. The van der Waals surface area contributed by atoms with E-state index in [0.29, 0.717) is 30.1 Å². The van der Waals surface area contributed by atoms with Crippen molar-refractivity contribution < 1.29 is 62.5 Å². The van der Waals surface area contributed by atoms with E-state index >= 15 is 4.79 Å². The van der Waals surface area contributed by atoms with Gasteiger partial charge in [-0.1, -0.05) is 58.0 Å². The molecule has 18 nitrogen and oxygen atoms in total. The number of nitrogens with zero attached hydrogens (tertiary/aromatic N) is 5. The van der Waals surface area contributed by atoms with Crippen molar-refractivity contribution in [1.82, 2.24) is 19.9 Å². The number of benzene rings is 1. The molecule has 2 aromatic rings. The van der Waals surface area contributed by atoms with Crippen LogP contribution < -0.4 is 0 Å². The Bertz CT molecular complexity index is 2100. The summed E-state index contributed by atoms with van der Waals surface area (Å²) in [7, 11) is 6.79. The highest BCUT2D eigenvalue weighted by Gasteiger charge is 2.61. The van der Waals surface area contributed by atoms with Crippen molar-refractivity contribution in [3.63, 3.8) is 0 Å². The molecule has 0 bridgehead atoms. The van der Waals surface area contributed by atoms with Crippen LogP contribution in [-0.2, 0) is 47.5 Å². The van der Waals surface area contributed by atoms with Gasteiger partial charge < -0.3 is 53.0 Å². The van der Waals surface area contributed by atoms with Gasteiger partial charge in [0.05, 0.1) is 53.9 Å². The molecule has 4 aliphatic rings. The first-order chi connectivity index (χ1) is 32.0. The highest BCUT2D eigenvalue weighted by Crippen LogP contribution is 2.45. The maximum atomic E-state index is 15.1. The Morgan fingerprint density at radius 3 is 2.25 bits per heavy atom. The summed E-state index contributed by atoms with van der Waals surface area (Å²) in [5, 5.41) is 28.6. The number of likely N-dealkylation sites (N-methyl/N-ethyl adjacent to an activating group) is 1. The Kier molecular flexibility index (Phi) is 16.9. The molecule has 17 atom stereocenters. The van der Waals surface area contributed by atoms with Gasteiger partial charge in [0.1, 0.15) is 30.1 Å². The van der Waals surface area contributed by atoms with E-state index in [2.05, 4.69) is 15.1 Å². The van der Waals surface area contributed by atoms with Gasteiger partial charge in [0.15, 0.2) is 24.0 Å². The second-order valence-corrected chi connectivity index (χ2v) is 20.1. The van der Waals surface area contributed by atoms with Crippen LogP contribution in [0.4, 0.5) is 4.79 Å². The maximum absolute atomic E-state index is 15.1. The molecule has 4 aliphatic heterocycles. The Labute approximate surface area is 401 Å². The number of hydrogen-bond acceptors (Lipinski definition) is 17. The predicted molar refractivity (Wildman–Crippen MR) is 250 cm³/mol. The molecular weight excluding hydrogens is 879 g/mol. The van der Waals surface area contributed by atoms with E-state index < -0.39 is 108 Å². The number of aliphatic hydroxyl groups is 2. The molecule has 1 aromatic heterocycles. The lowest BCUT2D eigenvalue weighted by atomic mass is 9.73. The van der Waals surface area contributed by atoms with Crippen LogP contribution in [0.1, 0.15) is 99.3 Å². The predicted octanol–water partition coefficient (Wildman–Crippen LogP) is 5.32. The number of carbonyl (C=O) groups is 3. The van der Waals surface area contributed by atoms with Crippen LogP contribution in [-0.4, -0.2) is 167 Å². The molecule has 1 unspecified atom stereocenters. The van der Waals surface area contributed by atoms with Crippen molar-refractivity contribution in [3.05, 3.63) is 47.8 Å². The summed E-state index contributed by atoms with van der Waals surface area (Å²) < 4.78 is 51.1. The average Bonchev–Trinajstić information content (AvgIpc) is 3.58. The van der Waals surface area contributed by atoms with E-state index in [1.54, 1.807) is 47.7 Å². The fraction of sp³-hybridized carbons (Fsp3) is 0.720. The zero-order chi connectivity index (χ0) is 50.0. The van der Waals surface area contributed by atoms with E-state index in [1.165, 1.54) is 20.4 Å². The first-order valence-electron chi connectivity index (χ1n) is 23.9. The smallest absolute Gasteiger partial charge is 0.431 e. The number of rotatable bonds is 11. The minimum absolute atomic E-state index is 0.0983. The van der Waals surface area contributed by atoms with Gasteiger partial charge in [-0.3, -0.25) is 9.59 Å². The highest BCUT2D eigenvalue weighted by molar-refractivity contribution is 5.86. The molecule has 378 valence electrons. The average molecular weight is 954 g/mol. The molecule has 68 heavy (non-hydrogen) atoms. The molecule has 0 aliphatic carbocycles. The molecule has 0 saturated carbocycles. The third-order valence-corrected chi connectivity index (χ3v) is 15.1. The molecule has 5 heterocycles. The van der Waals surface area contributed by atoms with Crippen LogP contribution in [0.3, 0.4) is 0 Å². The largest absolute Gasteiger partial charge is 0.458 e. The standard InChI is InChI=1S/C50H75N5O13/c1-15-36-50(10)41(55(47(60)68-50)52-26-34-25-51-44(53-31(34)6)33-19-17-16-18-20-33)28(3)38(56)27(2)23-49(9,62-14)43(67-46-39(57)35(54(11)12)21-22-63-46)29(4)40(30(5)45(59)65-36)66-37-24-48(8,61-13)42(58)32(7)64-37/h16-20,25-30,32,35-37,39-43,46,57-58H,15,21-24H2,1-14H3/b52-26+/t27-,28+,29+,30-,32+,35+,36-,37?,39-,40+,41+,42+,43-,46+,48-,49-,50-/m1/s1. The van der Waals surface area contributed by atoms with Gasteiger partial charge in [0.25, 0.3) is 0 Å². The zero-order valence-electron chi connectivity index (χ0n) is 42.3. The van der Waals surface area contributed by atoms with Crippen LogP contribution in [0.15, 0.2) is 41.6 Å². The van der Waals surface area contributed by atoms with Gasteiger partial charge >= 0.3 is 12.1 Å². The number of methoxy groups -OCH3 is 2. The maximum Gasteiger partial charge on any atom is 0.431 e. The van der Waals surface area contributed by atoms with Gasteiger partial charge in [-0.25, -0.2) is 14.8 Å². The number of carbonyl (C=O) groups excluding carboxylic acids is 3. The number of hydrazone groups is 1. The molecule has 1 aromatic carbocycles. The summed E-state index contributed by atoms with van der Waals surface area (Å²) in [4.78, 5) is 55.3. The number of esters is 1. The Morgan fingerprint density at radius 2 is 1.63 bits per heavy atom. The third-order valence-electron chi connectivity index (χ3n) is 15.1. The van der Waals surface area contributed by atoms with Crippen LogP contribution in [0.2, 0.25) is 0 Å². The van der Waals surface area contributed by atoms with Crippen molar-refractivity contribution in [3.8, 4) is 11.4 Å². The summed E-state index contributed by atoms with van der Waals surface area (Å²) in [6.07, 6.45) is -4.71. The van der Waals surface area contributed by atoms with Gasteiger partial charge in [-0.2, -0.15) is 10.1 Å². The van der Waals surface area contributed by atoms with Gasteiger partial charge in [0, 0.05) is 61.8 Å². The van der Waals surface area contributed by atoms with Gasteiger partial charge in [-0.05, 0) is 74.9 Å². The van der Waals surface area contributed by atoms with Gasteiger partial charge in [-0.15, -0.1) is 0 Å². The van der Waals surface area contributed by atoms with Crippen molar-refractivity contribution >= 4 is 24.1 Å². The zero-order valence-corrected chi connectivity index (χ0v) is 42.3. The lowest BCUT2D eigenvalue weighted by Gasteiger charge is -2.49. The normalized spacial score (nSPS) is 40.0. The monoisotopic (exact) mass is 954 g/mol. The SMILES string of the molecule is CC[C@H]1OC(=O)[C@H](C)[C@@H](OC2C[C@@](C)(OC)[C@@H](O)[C@H](C)O2)[C@H](C)[C@@H](O[C@@H]2OCC[C@H](N(C)C)[C@H]2O)[C@](C)(OC)C[C@@H](C)C(=O)[C@H](C)[C@@H]2N(/N=C/c3cnc(-c4ccccc4)nc3C)C(=O)O[C@@]21C. The lowest BCUT2D eigenvalue weighted by molar-refractivity contribution is -0.314. The summed E-state index contributed by atoms with van der Waals surface area (Å²) in [5.74, 6) is -3.80. The number of aryl methyl sites for hydroxylation is 1. The topological polar surface area (TPSA) is 210 Å². The third kappa shape index (κ3) is 10.7. The van der Waals surface area contributed by atoms with E-state index in [4.69, 9.17) is 37.9 Å². The Morgan fingerprint density at radius 1 is 0.956 bits per heavy atom. The quantitative estimate of drug-likeness (QED) is 0.216. The number of aromatic nitrogens is 2. The fourth-order valence-electron chi connectivity index (χ4n) is 10.9.